The number of aromatic nitrogens is 1. The zero-order valence-electron chi connectivity index (χ0n) is 14.3. The van der Waals surface area contributed by atoms with Crippen LogP contribution in [-0.4, -0.2) is 37.1 Å². The summed E-state index contributed by atoms with van der Waals surface area (Å²) >= 11 is 0. The Kier molecular flexibility index (Phi) is 6.91. The fourth-order valence-corrected chi connectivity index (χ4v) is 2.12. The van der Waals surface area contributed by atoms with Crippen LogP contribution < -0.4 is 16.0 Å². The number of carbonyl (C=O) groups excluding carboxylic acids is 2. The van der Waals surface area contributed by atoms with Gasteiger partial charge in [-0.3, -0.25) is 9.59 Å². The van der Waals surface area contributed by atoms with Crippen LogP contribution >= 0.6 is 0 Å². The van der Waals surface area contributed by atoms with Gasteiger partial charge in [-0.05, 0) is 42.8 Å². The number of carbonyl (C=O) groups is 2. The van der Waals surface area contributed by atoms with Gasteiger partial charge in [-0.1, -0.05) is 0 Å². The number of pyridine rings is 1. The third kappa shape index (κ3) is 6.23. The molecule has 2 aromatic rings. The Morgan fingerprint density at radius 1 is 1.04 bits per heavy atom. The number of nitrogens with zero attached hydrogens (tertiary/aromatic N) is 1. The van der Waals surface area contributed by atoms with Crippen molar-refractivity contribution in [2.24, 2.45) is 0 Å². The predicted octanol–water partition coefficient (Wildman–Crippen LogP) is 2.55. The number of hydrogen-bond donors (Lipinski definition) is 3. The minimum atomic E-state index is -0.206. The molecule has 7 nitrogen and oxygen atoms in total. The number of nitrogens with one attached hydrogen (secondary N) is 3. The molecular weight excluding hydrogens is 320 g/mol. The second-order valence-electron chi connectivity index (χ2n) is 5.42. The van der Waals surface area contributed by atoms with Gasteiger partial charge in [0.2, 0.25) is 5.91 Å². The summed E-state index contributed by atoms with van der Waals surface area (Å²) in [6.07, 6.45) is 2.36. The maximum Gasteiger partial charge on any atom is 0.269 e. The molecule has 0 fully saturated rings. The van der Waals surface area contributed by atoms with Gasteiger partial charge in [0.1, 0.15) is 5.69 Å². The Labute approximate surface area is 146 Å². The van der Waals surface area contributed by atoms with Gasteiger partial charge >= 0.3 is 0 Å². The highest BCUT2D eigenvalue weighted by atomic mass is 16.5. The van der Waals surface area contributed by atoms with E-state index in [1.165, 1.54) is 6.92 Å². The highest BCUT2D eigenvalue weighted by Crippen LogP contribution is 2.18. The lowest BCUT2D eigenvalue weighted by Crippen LogP contribution is -2.26. The maximum atomic E-state index is 11.9. The fourth-order valence-electron chi connectivity index (χ4n) is 2.12. The molecule has 0 radical (unpaired) electrons. The monoisotopic (exact) mass is 342 g/mol. The van der Waals surface area contributed by atoms with Crippen LogP contribution in [-0.2, 0) is 9.53 Å². The van der Waals surface area contributed by atoms with Crippen molar-refractivity contribution >= 4 is 28.9 Å². The van der Waals surface area contributed by atoms with Crippen molar-refractivity contribution in [3.8, 4) is 0 Å². The molecule has 0 atom stereocenters. The maximum absolute atomic E-state index is 11.9. The third-order valence-corrected chi connectivity index (χ3v) is 3.30. The van der Waals surface area contributed by atoms with Gasteiger partial charge < -0.3 is 20.7 Å². The largest absolute Gasteiger partial charge is 0.385 e. The summed E-state index contributed by atoms with van der Waals surface area (Å²) in [5.74, 6) is -0.316. The first kappa shape index (κ1) is 18.4. The average molecular weight is 342 g/mol. The number of hydrogen-bond acceptors (Lipinski definition) is 5. The molecule has 25 heavy (non-hydrogen) atoms. The fraction of sp³-hybridized carbons (Fsp3) is 0.278. The number of amides is 2. The highest BCUT2D eigenvalue weighted by Gasteiger charge is 2.06. The molecule has 0 aliphatic rings. The van der Waals surface area contributed by atoms with Crippen LogP contribution in [0, 0.1) is 0 Å². The topological polar surface area (TPSA) is 92.4 Å². The summed E-state index contributed by atoms with van der Waals surface area (Å²) in [6.45, 7) is 2.62. The average Bonchev–Trinajstić information content (AvgIpc) is 2.60. The van der Waals surface area contributed by atoms with E-state index in [9.17, 15) is 9.59 Å². The van der Waals surface area contributed by atoms with Crippen LogP contribution in [0.15, 0.2) is 42.6 Å². The van der Waals surface area contributed by atoms with Crippen molar-refractivity contribution in [1.82, 2.24) is 10.3 Å². The van der Waals surface area contributed by atoms with Crippen LogP contribution in [0.5, 0.6) is 0 Å². The van der Waals surface area contributed by atoms with Gasteiger partial charge in [0, 0.05) is 38.6 Å². The van der Waals surface area contributed by atoms with Crippen LogP contribution in [0.2, 0.25) is 0 Å². The lowest BCUT2D eigenvalue weighted by atomic mass is 10.2. The van der Waals surface area contributed by atoms with E-state index < -0.39 is 0 Å². The molecule has 132 valence electrons. The summed E-state index contributed by atoms with van der Waals surface area (Å²) in [5, 5.41) is 8.68. The standard InChI is InChI=1S/C18H22N4O3/c1-13(23)21-14-4-6-15(7-5-14)22-16-8-9-17(20-12-16)18(24)19-10-3-11-25-2/h4-9,12,22H,3,10-11H2,1-2H3,(H,19,24)(H,21,23). The van der Waals surface area contributed by atoms with Crippen LogP contribution in [0.25, 0.3) is 0 Å². The summed E-state index contributed by atoms with van der Waals surface area (Å²) in [4.78, 5) is 27.1. The smallest absolute Gasteiger partial charge is 0.269 e. The molecule has 1 heterocycles. The first-order chi connectivity index (χ1) is 12.1. The van der Waals surface area contributed by atoms with Gasteiger partial charge in [-0.15, -0.1) is 0 Å². The third-order valence-electron chi connectivity index (χ3n) is 3.30. The molecule has 0 saturated heterocycles. The first-order valence-electron chi connectivity index (χ1n) is 7.96. The minimum absolute atomic E-state index is 0.110. The number of ether oxygens (including phenoxy) is 1. The van der Waals surface area contributed by atoms with Crippen LogP contribution in [0.4, 0.5) is 17.1 Å². The van der Waals surface area contributed by atoms with Gasteiger partial charge in [0.25, 0.3) is 5.91 Å². The molecule has 0 aliphatic carbocycles. The molecule has 7 heteroatoms. The Hall–Kier alpha value is -2.93. The van der Waals surface area contributed by atoms with Crippen molar-refractivity contribution < 1.29 is 14.3 Å². The SMILES string of the molecule is COCCCNC(=O)c1ccc(Nc2ccc(NC(C)=O)cc2)cn1. The Bertz CT molecular complexity index is 699. The normalized spacial score (nSPS) is 10.2. The number of benzene rings is 1. The Morgan fingerprint density at radius 2 is 1.72 bits per heavy atom. The first-order valence-corrected chi connectivity index (χ1v) is 7.96. The summed E-state index contributed by atoms with van der Waals surface area (Å²) in [7, 11) is 1.63. The van der Waals surface area contributed by atoms with E-state index in [-0.39, 0.29) is 11.8 Å². The van der Waals surface area contributed by atoms with E-state index in [1.807, 2.05) is 12.1 Å². The lowest BCUT2D eigenvalue weighted by Gasteiger charge is -2.09. The van der Waals surface area contributed by atoms with E-state index >= 15 is 0 Å². The molecule has 1 aromatic heterocycles. The second-order valence-corrected chi connectivity index (χ2v) is 5.42. The molecule has 0 saturated carbocycles. The van der Waals surface area contributed by atoms with E-state index in [0.717, 1.165) is 23.5 Å². The minimum Gasteiger partial charge on any atom is -0.385 e. The summed E-state index contributed by atoms with van der Waals surface area (Å²) < 4.78 is 4.93. The zero-order valence-corrected chi connectivity index (χ0v) is 14.3. The molecule has 0 bridgehead atoms. The molecule has 0 aliphatic heterocycles. The van der Waals surface area contributed by atoms with Gasteiger partial charge in [0.05, 0.1) is 11.9 Å². The van der Waals surface area contributed by atoms with E-state index in [2.05, 4.69) is 20.9 Å². The van der Waals surface area contributed by atoms with E-state index in [4.69, 9.17) is 4.74 Å². The molecule has 3 N–H and O–H groups in total. The predicted molar refractivity (Wildman–Crippen MR) is 97.1 cm³/mol. The molecule has 1 aromatic carbocycles. The van der Waals surface area contributed by atoms with Gasteiger partial charge in [-0.2, -0.15) is 0 Å². The molecule has 2 amide bonds. The Morgan fingerprint density at radius 3 is 2.32 bits per heavy atom. The van der Waals surface area contributed by atoms with Crippen molar-refractivity contribution in [3.05, 3.63) is 48.3 Å². The highest BCUT2D eigenvalue weighted by molar-refractivity contribution is 5.92. The van der Waals surface area contributed by atoms with Crippen molar-refractivity contribution in [2.45, 2.75) is 13.3 Å². The summed E-state index contributed by atoms with van der Waals surface area (Å²) in [5.41, 5.74) is 2.72. The van der Waals surface area contributed by atoms with Crippen LogP contribution in [0.3, 0.4) is 0 Å². The van der Waals surface area contributed by atoms with Crippen molar-refractivity contribution in [1.29, 1.82) is 0 Å². The molecular formula is C18H22N4O3. The van der Waals surface area contributed by atoms with Crippen LogP contribution in [0.1, 0.15) is 23.8 Å². The number of anilines is 3. The molecule has 0 spiro atoms. The van der Waals surface area contributed by atoms with Crippen molar-refractivity contribution in [3.63, 3.8) is 0 Å². The van der Waals surface area contributed by atoms with Gasteiger partial charge in [0.15, 0.2) is 0 Å². The van der Waals surface area contributed by atoms with Crippen molar-refractivity contribution in [2.75, 3.05) is 30.9 Å². The molecule has 0 unspecified atom stereocenters. The van der Waals surface area contributed by atoms with E-state index in [0.29, 0.717) is 18.8 Å². The van der Waals surface area contributed by atoms with E-state index in [1.54, 1.807) is 37.6 Å². The van der Waals surface area contributed by atoms with Gasteiger partial charge in [-0.25, -0.2) is 4.98 Å². The lowest BCUT2D eigenvalue weighted by molar-refractivity contribution is -0.114. The molecule has 2 rings (SSSR count). The summed E-state index contributed by atoms with van der Waals surface area (Å²) in [6, 6.07) is 10.8. The number of rotatable bonds is 8. The zero-order chi connectivity index (χ0) is 18.1. The second kappa shape index (κ2) is 9.39. The quantitative estimate of drug-likeness (QED) is 0.641. The number of methoxy groups -OCH3 is 1. The Balaban J connectivity index is 1.89.